The summed E-state index contributed by atoms with van der Waals surface area (Å²) in [7, 11) is 0. The number of alkyl halides is 3. The van der Waals surface area contributed by atoms with Gasteiger partial charge in [-0.15, -0.1) is 11.3 Å². The highest BCUT2D eigenvalue weighted by Gasteiger charge is 2.40. The lowest BCUT2D eigenvalue weighted by Gasteiger charge is -2.37. The Balaban J connectivity index is 2.17. The SMILES string of the molecule is C[C@H]1CCCN1C(=O)c1nc(C(=O)NC(C)(C)C(C)(C)O)sc1-c1cnc(NC(C)(C)C)cc1C(F)(F)F. The monoisotopic (exact) mass is 555 g/mol. The van der Waals surface area contributed by atoms with Crippen LogP contribution >= 0.6 is 11.3 Å². The Bertz CT molecular complexity index is 1210. The summed E-state index contributed by atoms with van der Waals surface area (Å²) in [6.45, 7) is 14.0. The minimum absolute atomic E-state index is 0.0315. The van der Waals surface area contributed by atoms with Gasteiger partial charge in [-0.05, 0) is 74.3 Å². The molecule has 1 fully saturated rings. The molecular formula is C26H36F3N5O3S. The van der Waals surface area contributed by atoms with E-state index in [0.29, 0.717) is 17.9 Å². The van der Waals surface area contributed by atoms with E-state index in [1.165, 1.54) is 13.8 Å². The molecule has 0 aromatic carbocycles. The van der Waals surface area contributed by atoms with E-state index >= 15 is 0 Å². The molecule has 8 nitrogen and oxygen atoms in total. The van der Waals surface area contributed by atoms with Crippen molar-refractivity contribution < 1.29 is 27.9 Å². The molecule has 0 aliphatic carbocycles. The minimum Gasteiger partial charge on any atom is -0.388 e. The number of thiazole rings is 1. The summed E-state index contributed by atoms with van der Waals surface area (Å²) >= 11 is 0.697. The zero-order valence-electron chi connectivity index (χ0n) is 23.0. The largest absolute Gasteiger partial charge is 0.417 e. The number of aromatic nitrogens is 2. The van der Waals surface area contributed by atoms with Gasteiger partial charge in [0.2, 0.25) is 0 Å². The number of nitrogens with one attached hydrogen (secondary N) is 2. The lowest BCUT2D eigenvalue weighted by molar-refractivity contribution is -0.137. The number of halogens is 3. The first-order valence-electron chi connectivity index (χ1n) is 12.4. The number of anilines is 1. The predicted molar refractivity (Wildman–Crippen MR) is 141 cm³/mol. The van der Waals surface area contributed by atoms with Crippen LogP contribution in [0.1, 0.15) is 94.1 Å². The maximum atomic E-state index is 14.3. The van der Waals surface area contributed by atoms with E-state index in [1.807, 2.05) is 6.92 Å². The second-order valence-corrected chi connectivity index (χ2v) is 12.8. The standard InChI is InChI=1S/C26H36F3N5O3S/c1-14-10-9-11-34(14)22(36)18-19(38-21(31-18)20(35)33-24(5,6)25(7,8)37)15-13-30-17(32-23(2,3)4)12-16(15)26(27,28)29/h12-14,37H,9-11H2,1-8H3,(H,30,32)(H,33,35)/t14-/m0/s1. The van der Waals surface area contributed by atoms with Crippen LogP contribution in [0.2, 0.25) is 0 Å². The van der Waals surface area contributed by atoms with E-state index < -0.39 is 40.2 Å². The van der Waals surface area contributed by atoms with Crippen LogP contribution < -0.4 is 10.6 Å². The molecule has 0 radical (unpaired) electrons. The summed E-state index contributed by atoms with van der Waals surface area (Å²) in [4.78, 5) is 36.6. The number of amides is 2. The van der Waals surface area contributed by atoms with E-state index in [-0.39, 0.29) is 33.0 Å². The maximum Gasteiger partial charge on any atom is 0.417 e. The van der Waals surface area contributed by atoms with Gasteiger partial charge in [0.25, 0.3) is 11.8 Å². The van der Waals surface area contributed by atoms with Crippen molar-refractivity contribution >= 4 is 29.0 Å². The summed E-state index contributed by atoms with van der Waals surface area (Å²) in [5.74, 6) is -1.21. The molecule has 12 heteroatoms. The highest BCUT2D eigenvalue weighted by molar-refractivity contribution is 7.17. The van der Waals surface area contributed by atoms with Crippen LogP contribution in [0.3, 0.4) is 0 Å². The molecule has 3 N–H and O–H groups in total. The summed E-state index contributed by atoms with van der Waals surface area (Å²) in [6, 6.07) is 0.798. The Morgan fingerprint density at radius 1 is 1.13 bits per heavy atom. The van der Waals surface area contributed by atoms with Crippen LogP contribution in [0.15, 0.2) is 12.3 Å². The molecule has 2 aromatic heterocycles. The van der Waals surface area contributed by atoms with E-state index in [1.54, 1.807) is 39.5 Å². The maximum absolute atomic E-state index is 14.3. The fraction of sp³-hybridized carbons (Fsp3) is 0.615. The lowest BCUT2D eigenvalue weighted by Crippen LogP contribution is -2.57. The average Bonchev–Trinajstić information content (AvgIpc) is 3.37. The van der Waals surface area contributed by atoms with Gasteiger partial charge in [0.1, 0.15) is 11.5 Å². The van der Waals surface area contributed by atoms with Gasteiger partial charge in [-0.2, -0.15) is 13.2 Å². The molecule has 3 heterocycles. The number of aliphatic hydroxyl groups is 1. The molecule has 1 aliphatic rings. The third kappa shape index (κ3) is 6.45. The van der Waals surface area contributed by atoms with Crippen LogP contribution in [-0.4, -0.2) is 61.1 Å². The molecule has 1 atom stereocenters. The topological polar surface area (TPSA) is 107 Å². The number of hydrogen-bond donors (Lipinski definition) is 3. The smallest absolute Gasteiger partial charge is 0.388 e. The first-order chi connectivity index (χ1) is 17.2. The summed E-state index contributed by atoms with van der Waals surface area (Å²) in [5, 5.41) is 15.9. The van der Waals surface area contributed by atoms with Crippen LogP contribution in [0.4, 0.5) is 19.0 Å². The first kappa shape index (κ1) is 29.8. The normalized spacial score (nSPS) is 17.1. The van der Waals surface area contributed by atoms with E-state index in [9.17, 15) is 27.9 Å². The van der Waals surface area contributed by atoms with Gasteiger partial charge in [0.15, 0.2) is 5.01 Å². The first-order valence-corrected chi connectivity index (χ1v) is 13.3. The number of carbonyl (C=O) groups is 2. The Hall–Kier alpha value is -2.73. The Kier molecular flexibility index (Phi) is 7.93. The second-order valence-electron chi connectivity index (χ2n) is 11.8. The quantitative estimate of drug-likeness (QED) is 0.444. The molecule has 1 aliphatic heterocycles. The number of nitrogens with zero attached hydrogens (tertiary/aromatic N) is 3. The lowest BCUT2D eigenvalue weighted by atomic mass is 9.86. The van der Waals surface area contributed by atoms with Gasteiger partial charge >= 0.3 is 6.18 Å². The third-order valence-corrected chi connectivity index (χ3v) is 7.84. The molecule has 3 rings (SSSR count). The Morgan fingerprint density at radius 3 is 2.26 bits per heavy atom. The van der Waals surface area contributed by atoms with Crippen molar-refractivity contribution in [3.05, 3.63) is 28.5 Å². The van der Waals surface area contributed by atoms with Crippen molar-refractivity contribution in [1.82, 2.24) is 20.2 Å². The van der Waals surface area contributed by atoms with Crippen molar-refractivity contribution in [3.8, 4) is 10.4 Å². The zero-order chi connectivity index (χ0) is 28.8. The molecular weight excluding hydrogens is 519 g/mol. The van der Waals surface area contributed by atoms with Gasteiger partial charge in [0.05, 0.1) is 21.6 Å². The highest BCUT2D eigenvalue weighted by atomic mass is 32.1. The number of pyridine rings is 1. The molecule has 2 amide bonds. The van der Waals surface area contributed by atoms with Crippen molar-refractivity contribution in [2.24, 2.45) is 0 Å². The van der Waals surface area contributed by atoms with Gasteiger partial charge in [-0.25, -0.2) is 9.97 Å². The minimum atomic E-state index is -4.76. The van der Waals surface area contributed by atoms with Gasteiger partial charge in [-0.3, -0.25) is 9.59 Å². The van der Waals surface area contributed by atoms with Crippen LogP contribution in [0.5, 0.6) is 0 Å². The van der Waals surface area contributed by atoms with E-state index in [0.717, 1.165) is 25.1 Å². The van der Waals surface area contributed by atoms with Crippen LogP contribution in [-0.2, 0) is 6.18 Å². The van der Waals surface area contributed by atoms with Crippen molar-refractivity contribution in [1.29, 1.82) is 0 Å². The van der Waals surface area contributed by atoms with Crippen molar-refractivity contribution in [3.63, 3.8) is 0 Å². The van der Waals surface area contributed by atoms with E-state index in [4.69, 9.17) is 0 Å². The highest BCUT2D eigenvalue weighted by Crippen LogP contribution is 2.42. The van der Waals surface area contributed by atoms with Crippen molar-refractivity contribution in [2.45, 2.75) is 97.1 Å². The van der Waals surface area contributed by atoms with Gasteiger partial charge < -0.3 is 20.6 Å². The molecule has 0 saturated carbocycles. The number of rotatable bonds is 6. The molecule has 0 bridgehead atoms. The Labute approximate surface area is 225 Å². The third-order valence-electron chi connectivity index (χ3n) is 6.75. The molecule has 38 heavy (non-hydrogen) atoms. The average molecular weight is 556 g/mol. The molecule has 1 saturated heterocycles. The number of carbonyl (C=O) groups excluding carboxylic acids is 2. The number of hydrogen-bond acceptors (Lipinski definition) is 7. The van der Waals surface area contributed by atoms with Crippen molar-refractivity contribution in [2.75, 3.05) is 11.9 Å². The summed E-state index contributed by atoms with van der Waals surface area (Å²) in [6.07, 6.45) is -2.16. The van der Waals surface area contributed by atoms with E-state index in [2.05, 4.69) is 20.6 Å². The van der Waals surface area contributed by atoms with Gasteiger partial charge in [0, 0.05) is 29.9 Å². The molecule has 210 valence electrons. The van der Waals surface area contributed by atoms with Crippen LogP contribution in [0, 0.1) is 0 Å². The van der Waals surface area contributed by atoms with Gasteiger partial charge in [-0.1, -0.05) is 0 Å². The summed E-state index contributed by atoms with van der Waals surface area (Å²) in [5.41, 5.74) is -4.48. The fourth-order valence-electron chi connectivity index (χ4n) is 3.93. The Morgan fingerprint density at radius 2 is 1.76 bits per heavy atom. The predicted octanol–water partition coefficient (Wildman–Crippen LogP) is 5.34. The second kappa shape index (κ2) is 10.1. The molecule has 0 unspecified atom stereocenters. The fourth-order valence-corrected chi connectivity index (χ4v) is 4.91. The molecule has 0 spiro atoms. The zero-order valence-corrected chi connectivity index (χ0v) is 23.8. The van der Waals surface area contributed by atoms with Crippen LogP contribution in [0.25, 0.3) is 10.4 Å². The number of likely N-dealkylation sites (tertiary alicyclic amines) is 1. The molecule has 2 aromatic rings. The summed E-state index contributed by atoms with van der Waals surface area (Å²) < 4.78 is 42.9.